The van der Waals surface area contributed by atoms with E-state index in [9.17, 15) is 9.59 Å². The third kappa shape index (κ3) is 5.66. The maximum atomic E-state index is 12.6. The average Bonchev–Trinajstić information content (AvgIpc) is 2.45. The molecule has 1 rings (SSSR count). The molecule has 0 aliphatic heterocycles. The molecule has 128 valence electrons. The molecule has 0 aromatic heterocycles. The van der Waals surface area contributed by atoms with Gasteiger partial charge in [-0.3, -0.25) is 9.59 Å². The van der Waals surface area contributed by atoms with Gasteiger partial charge in [0.1, 0.15) is 12.4 Å². The third-order valence-corrected chi connectivity index (χ3v) is 3.50. The second-order valence-electron chi connectivity index (χ2n) is 6.44. The van der Waals surface area contributed by atoms with Crippen molar-refractivity contribution in [1.82, 2.24) is 0 Å². The molecular weight excluding hydrogens is 294 g/mol. The normalized spacial score (nSPS) is 17.9. The van der Waals surface area contributed by atoms with Gasteiger partial charge in [-0.05, 0) is 11.8 Å². The van der Waals surface area contributed by atoms with Gasteiger partial charge in [0.2, 0.25) is 0 Å². The average molecular weight is 321 g/mol. The first-order chi connectivity index (χ1) is 10.8. The molecule has 0 spiro atoms. The summed E-state index contributed by atoms with van der Waals surface area (Å²) >= 11 is 0. The molecule has 0 N–H and O–H groups in total. The van der Waals surface area contributed by atoms with E-state index in [-0.39, 0.29) is 30.2 Å². The van der Waals surface area contributed by atoms with Crippen LogP contribution >= 0.6 is 0 Å². The highest BCUT2D eigenvalue weighted by molar-refractivity contribution is 6.23. The number of oxime groups is 1. The first-order valence-corrected chi connectivity index (χ1v) is 8.11. The van der Waals surface area contributed by atoms with Crippen molar-refractivity contribution in [3.8, 4) is 0 Å². The number of carbonyl (C=O) groups excluding carboxylic acids is 2. The second kappa shape index (κ2) is 8.65. The minimum atomic E-state index is -0.342. The Hall–Kier alpha value is -1.91. The van der Waals surface area contributed by atoms with Gasteiger partial charge in [0, 0.05) is 19.3 Å². The van der Waals surface area contributed by atoms with Crippen LogP contribution in [0.15, 0.2) is 29.1 Å². The van der Waals surface area contributed by atoms with E-state index >= 15 is 0 Å². The van der Waals surface area contributed by atoms with E-state index in [1.165, 1.54) is 0 Å². The predicted molar refractivity (Wildman–Crippen MR) is 89.9 cm³/mol. The maximum Gasteiger partial charge on any atom is 0.310 e. The molecule has 0 radical (unpaired) electrons. The fourth-order valence-corrected chi connectivity index (χ4v) is 2.50. The Morgan fingerprint density at radius 1 is 1.35 bits per heavy atom. The molecule has 0 aromatic carbocycles. The molecule has 0 fully saturated rings. The van der Waals surface area contributed by atoms with Crippen molar-refractivity contribution in [2.75, 3.05) is 6.61 Å². The second-order valence-corrected chi connectivity index (χ2v) is 6.44. The number of hydrogen-bond donors (Lipinski definition) is 0. The number of allylic oxidation sites excluding steroid dienone is 2. The Labute approximate surface area is 138 Å². The molecule has 0 unspecified atom stereocenters. The zero-order valence-corrected chi connectivity index (χ0v) is 14.6. The number of esters is 1. The zero-order valence-electron chi connectivity index (χ0n) is 14.6. The van der Waals surface area contributed by atoms with Crippen molar-refractivity contribution >= 4 is 17.5 Å². The van der Waals surface area contributed by atoms with Crippen molar-refractivity contribution in [2.45, 2.75) is 59.8 Å². The van der Waals surface area contributed by atoms with E-state index in [4.69, 9.17) is 9.57 Å². The van der Waals surface area contributed by atoms with Gasteiger partial charge in [-0.2, -0.15) is 0 Å². The van der Waals surface area contributed by atoms with E-state index < -0.39 is 0 Å². The zero-order chi connectivity index (χ0) is 17.5. The summed E-state index contributed by atoms with van der Waals surface area (Å²) < 4.78 is 5.46. The van der Waals surface area contributed by atoms with Crippen LogP contribution in [0.1, 0.15) is 59.8 Å². The lowest BCUT2D eigenvalue weighted by atomic mass is 9.75. The third-order valence-electron chi connectivity index (χ3n) is 3.50. The van der Waals surface area contributed by atoms with Crippen molar-refractivity contribution < 1.29 is 19.2 Å². The number of ether oxygens (including phenoxy) is 1. The van der Waals surface area contributed by atoms with E-state index in [1.807, 2.05) is 20.8 Å². The van der Waals surface area contributed by atoms with Gasteiger partial charge in [-0.1, -0.05) is 51.9 Å². The highest BCUT2D eigenvalue weighted by atomic mass is 16.6. The van der Waals surface area contributed by atoms with Gasteiger partial charge in [0.15, 0.2) is 5.78 Å². The Balaban J connectivity index is 3.27. The number of Topliss-reactive ketones (excluding diaryl/α,β-unsaturated/α-hetero) is 1. The molecule has 1 aliphatic rings. The number of nitrogens with zero attached hydrogens (tertiary/aromatic N) is 1. The molecule has 0 atom stereocenters. The Bertz CT molecular complexity index is 529. The summed E-state index contributed by atoms with van der Waals surface area (Å²) in [4.78, 5) is 29.5. The molecule has 0 bridgehead atoms. The van der Waals surface area contributed by atoms with Gasteiger partial charge in [0.05, 0.1) is 11.3 Å². The lowest BCUT2D eigenvalue weighted by Crippen LogP contribution is -2.31. The molecule has 0 heterocycles. The number of ketones is 1. The van der Waals surface area contributed by atoms with Crippen molar-refractivity contribution in [1.29, 1.82) is 0 Å². The van der Waals surface area contributed by atoms with Gasteiger partial charge < -0.3 is 9.57 Å². The molecular formula is C18H27NO4. The maximum absolute atomic E-state index is 12.6. The van der Waals surface area contributed by atoms with Crippen LogP contribution < -0.4 is 0 Å². The standard InChI is InChI=1S/C18H27NO4/c1-6-9-13(19-22-10-7-2)17-14(20)11-18(4,5)12-15(17)23-16(21)8-3/h7H,2,6,8-12H2,1,3-5H3/b19-13-. The summed E-state index contributed by atoms with van der Waals surface area (Å²) in [5.74, 6) is 0.0351. The van der Waals surface area contributed by atoms with Gasteiger partial charge in [0.25, 0.3) is 0 Å². The molecule has 23 heavy (non-hydrogen) atoms. The smallest absolute Gasteiger partial charge is 0.310 e. The topological polar surface area (TPSA) is 65.0 Å². The van der Waals surface area contributed by atoms with Gasteiger partial charge in [-0.25, -0.2) is 0 Å². The molecule has 5 heteroatoms. The van der Waals surface area contributed by atoms with Crippen LogP contribution in [0.3, 0.4) is 0 Å². The highest BCUT2D eigenvalue weighted by Gasteiger charge is 2.36. The lowest BCUT2D eigenvalue weighted by molar-refractivity contribution is -0.140. The SMILES string of the molecule is C=CCO/N=C(/CCC)C1=C(OC(=O)CC)CC(C)(C)CC1=O. The van der Waals surface area contributed by atoms with Crippen LogP contribution in [0.25, 0.3) is 0 Å². The Morgan fingerprint density at radius 2 is 2.04 bits per heavy atom. The number of hydrogen-bond acceptors (Lipinski definition) is 5. The van der Waals surface area contributed by atoms with Crippen LogP contribution in [-0.2, 0) is 19.2 Å². The summed E-state index contributed by atoms with van der Waals surface area (Å²) in [5, 5.41) is 4.08. The van der Waals surface area contributed by atoms with Gasteiger partial charge >= 0.3 is 5.97 Å². The van der Waals surface area contributed by atoms with E-state index in [0.717, 1.165) is 6.42 Å². The summed E-state index contributed by atoms with van der Waals surface area (Å²) in [6, 6.07) is 0. The fraction of sp³-hybridized carbons (Fsp3) is 0.611. The number of rotatable bonds is 8. The van der Waals surface area contributed by atoms with Crippen LogP contribution in [0, 0.1) is 5.41 Å². The largest absolute Gasteiger partial charge is 0.430 e. The first-order valence-electron chi connectivity index (χ1n) is 8.11. The summed E-state index contributed by atoms with van der Waals surface area (Å²) in [6.45, 7) is 11.6. The summed E-state index contributed by atoms with van der Waals surface area (Å²) in [7, 11) is 0. The fourth-order valence-electron chi connectivity index (χ4n) is 2.50. The lowest BCUT2D eigenvalue weighted by Gasteiger charge is -2.31. The van der Waals surface area contributed by atoms with E-state index in [1.54, 1.807) is 13.0 Å². The van der Waals surface area contributed by atoms with Crippen LogP contribution in [-0.4, -0.2) is 24.1 Å². The first kappa shape index (κ1) is 19.1. The molecule has 0 amide bonds. The minimum absolute atomic E-state index is 0.0467. The van der Waals surface area contributed by atoms with Crippen molar-refractivity contribution in [2.24, 2.45) is 10.6 Å². The van der Waals surface area contributed by atoms with Crippen molar-refractivity contribution in [3.63, 3.8) is 0 Å². The molecule has 0 aromatic rings. The molecule has 0 saturated heterocycles. The van der Waals surface area contributed by atoms with Crippen LogP contribution in [0.2, 0.25) is 0 Å². The Morgan fingerprint density at radius 3 is 2.61 bits per heavy atom. The van der Waals surface area contributed by atoms with E-state index in [2.05, 4.69) is 11.7 Å². The van der Waals surface area contributed by atoms with Gasteiger partial charge in [-0.15, -0.1) is 0 Å². The summed E-state index contributed by atoms with van der Waals surface area (Å²) in [5.41, 5.74) is 0.731. The van der Waals surface area contributed by atoms with Crippen LogP contribution in [0.4, 0.5) is 0 Å². The number of carbonyl (C=O) groups is 2. The minimum Gasteiger partial charge on any atom is -0.430 e. The predicted octanol–water partition coefficient (Wildman–Crippen LogP) is 3.94. The monoisotopic (exact) mass is 321 g/mol. The molecule has 5 nitrogen and oxygen atoms in total. The quantitative estimate of drug-likeness (QED) is 0.223. The van der Waals surface area contributed by atoms with E-state index in [0.29, 0.717) is 36.3 Å². The molecule has 0 saturated carbocycles. The molecule has 1 aliphatic carbocycles. The van der Waals surface area contributed by atoms with Crippen molar-refractivity contribution in [3.05, 3.63) is 24.0 Å². The Kier molecular flexibility index (Phi) is 7.20. The van der Waals surface area contributed by atoms with Crippen LogP contribution in [0.5, 0.6) is 0 Å². The summed E-state index contributed by atoms with van der Waals surface area (Å²) in [6.07, 6.45) is 4.19. The highest BCUT2D eigenvalue weighted by Crippen LogP contribution is 2.38.